The molecule has 0 bridgehead atoms. The maximum absolute atomic E-state index is 9.37. The van der Waals surface area contributed by atoms with E-state index in [2.05, 4.69) is 50.9 Å². The molecule has 0 aromatic rings. The first kappa shape index (κ1) is 23.5. The van der Waals surface area contributed by atoms with E-state index >= 15 is 0 Å². The van der Waals surface area contributed by atoms with Gasteiger partial charge in [0.25, 0.3) is 0 Å². The molecule has 1 spiro atoms. The van der Waals surface area contributed by atoms with Crippen molar-refractivity contribution in [2.45, 2.75) is 95.5 Å². The molecule has 30 heavy (non-hydrogen) atoms. The van der Waals surface area contributed by atoms with Crippen molar-refractivity contribution >= 4 is 0 Å². The number of aliphatic hydroxyl groups excluding tert-OH is 1. The van der Waals surface area contributed by atoms with Crippen LogP contribution in [0.1, 0.15) is 59.8 Å². The molecule has 0 saturated carbocycles. The van der Waals surface area contributed by atoms with Crippen molar-refractivity contribution in [3.05, 3.63) is 36.1 Å². The van der Waals surface area contributed by atoms with Crippen molar-refractivity contribution in [1.29, 1.82) is 0 Å². The summed E-state index contributed by atoms with van der Waals surface area (Å²) in [5, 5.41) is 12.7. The van der Waals surface area contributed by atoms with Crippen LogP contribution >= 0.6 is 0 Å². The molecular weight excluding hydrogens is 382 g/mol. The van der Waals surface area contributed by atoms with E-state index < -0.39 is 0 Å². The van der Waals surface area contributed by atoms with Gasteiger partial charge in [-0.25, -0.2) is 0 Å². The fourth-order valence-electron chi connectivity index (χ4n) is 4.25. The van der Waals surface area contributed by atoms with Gasteiger partial charge in [0, 0.05) is 25.0 Å². The predicted octanol–water partition coefficient (Wildman–Crippen LogP) is 3.61. The van der Waals surface area contributed by atoms with Crippen molar-refractivity contribution in [2.24, 2.45) is 0 Å². The third-order valence-corrected chi connectivity index (χ3v) is 5.79. The molecule has 3 aliphatic heterocycles. The largest absolute Gasteiger partial charge is 0.393 e. The molecule has 3 rings (SSSR count). The highest BCUT2D eigenvalue weighted by molar-refractivity contribution is 5.19. The van der Waals surface area contributed by atoms with Crippen LogP contribution in [-0.2, 0) is 18.9 Å². The lowest BCUT2D eigenvalue weighted by Crippen LogP contribution is -2.44. The number of ether oxygens (including phenoxy) is 4. The van der Waals surface area contributed by atoms with Gasteiger partial charge in [-0.05, 0) is 40.5 Å². The second kappa shape index (κ2) is 9.96. The number of hydrogen-bond acceptors (Lipinski definition) is 6. The Hall–Kier alpha value is -1.18. The number of rotatable bonds is 9. The van der Waals surface area contributed by atoms with Gasteiger partial charge in [0.2, 0.25) is 0 Å². The SMILES string of the molecule is C=C(CC[C@H](C)O)NC1COC(C/C=C(C)/C=C/[C@@H]2C[C@]3(CO3)CC(C)(C)O2)OC1. The molecule has 0 aliphatic carbocycles. The molecule has 170 valence electrons. The quantitative estimate of drug-likeness (QED) is 0.438. The lowest BCUT2D eigenvalue weighted by Gasteiger charge is -2.38. The molecule has 3 saturated heterocycles. The molecule has 3 fully saturated rings. The Labute approximate surface area is 181 Å². The number of hydrogen-bond donors (Lipinski definition) is 2. The van der Waals surface area contributed by atoms with Gasteiger partial charge in [-0.2, -0.15) is 0 Å². The van der Waals surface area contributed by atoms with Crippen LogP contribution in [0.15, 0.2) is 36.1 Å². The van der Waals surface area contributed by atoms with Crippen LogP contribution in [0.2, 0.25) is 0 Å². The molecule has 3 atom stereocenters. The van der Waals surface area contributed by atoms with Gasteiger partial charge in [-0.1, -0.05) is 30.4 Å². The number of epoxide rings is 1. The van der Waals surface area contributed by atoms with Crippen molar-refractivity contribution in [3.8, 4) is 0 Å². The zero-order valence-electron chi connectivity index (χ0n) is 19.0. The summed E-state index contributed by atoms with van der Waals surface area (Å²) in [5.74, 6) is 0. The molecule has 0 radical (unpaired) electrons. The minimum absolute atomic E-state index is 0.0460. The number of allylic oxidation sites excluding steroid dienone is 3. The lowest BCUT2D eigenvalue weighted by molar-refractivity contribution is -0.186. The maximum atomic E-state index is 9.37. The molecule has 2 N–H and O–H groups in total. The molecular formula is C24H39NO5. The van der Waals surface area contributed by atoms with E-state index in [1.165, 1.54) is 5.57 Å². The first-order valence-electron chi connectivity index (χ1n) is 11.2. The van der Waals surface area contributed by atoms with Crippen LogP contribution in [0.3, 0.4) is 0 Å². The zero-order valence-corrected chi connectivity index (χ0v) is 19.0. The average molecular weight is 422 g/mol. The van der Waals surface area contributed by atoms with Crippen LogP contribution in [0.4, 0.5) is 0 Å². The van der Waals surface area contributed by atoms with Gasteiger partial charge in [-0.3, -0.25) is 0 Å². The molecule has 6 heteroatoms. The summed E-state index contributed by atoms with van der Waals surface area (Å²) in [5.41, 5.74) is 1.99. The summed E-state index contributed by atoms with van der Waals surface area (Å²) in [6, 6.07) is 0.108. The van der Waals surface area contributed by atoms with Crippen LogP contribution in [-0.4, -0.2) is 60.7 Å². The Morgan fingerprint density at radius 1 is 1.30 bits per heavy atom. The topological polar surface area (TPSA) is 72.5 Å². The van der Waals surface area contributed by atoms with E-state index in [9.17, 15) is 5.11 Å². The maximum Gasteiger partial charge on any atom is 0.161 e. The van der Waals surface area contributed by atoms with Crippen molar-refractivity contribution in [1.82, 2.24) is 5.32 Å². The van der Waals surface area contributed by atoms with Crippen LogP contribution < -0.4 is 5.32 Å². The van der Waals surface area contributed by atoms with Gasteiger partial charge >= 0.3 is 0 Å². The highest BCUT2D eigenvalue weighted by Crippen LogP contribution is 2.46. The number of nitrogens with one attached hydrogen (secondary N) is 1. The molecule has 0 aromatic heterocycles. The lowest BCUT2D eigenvalue weighted by atomic mass is 9.85. The van der Waals surface area contributed by atoms with Gasteiger partial charge in [-0.15, -0.1) is 0 Å². The molecule has 0 unspecified atom stereocenters. The summed E-state index contributed by atoms with van der Waals surface area (Å²) in [7, 11) is 0. The molecule has 0 amide bonds. The van der Waals surface area contributed by atoms with E-state index in [1.54, 1.807) is 6.92 Å². The first-order valence-corrected chi connectivity index (χ1v) is 11.2. The minimum Gasteiger partial charge on any atom is -0.393 e. The fourth-order valence-corrected chi connectivity index (χ4v) is 4.25. The minimum atomic E-state index is -0.310. The monoisotopic (exact) mass is 421 g/mol. The fraction of sp³-hybridized carbons (Fsp3) is 0.750. The van der Waals surface area contributed by atoms with Crippen LogP contribution in [0.5, 0.6) is 0 Å². The van der Waals surface area contributed by atoms with Crippen molar-refractivity contribution in [3.63, 3.8) is 0 Å². The van der Waals surface area contributed by atoms with E-state index in [-0.39, 0.29) is 35.7 Å². The Morgan fingerprint density at radius 2 is 2.00 bits per heavy atom. The van der Waals surface area contributed by atoms with Gasteiger partial charge in [0.05, 0.1) is 49.3 Å². The standard InChI is InChI=1S/C24H39NO5/c1-17(6-10-21-12-24(16-29-24)15-23(4,5)30-21)7-11-22-27-13-20(14-28-22)25-18(2)8-9-19(3)26/h6-7,10,19-22,25-26H,2,8-9,11-16H2,1,3-5H3/b10-6+,17-7+/t19-,20?,21+,22?,24+/m0/s1. The second-order valence-electron chi connectivity index (χ2n) is 9.74. The highest BCUT2D eigenvalue weighted by atomic mass is 16.7. The van der Waals surface area contributed by atoms with E-state index in [4.69, 9.17) is 18.9 Å². The Balaban J connectivity index is 1.37. The first-order chi connectivity index (χ1) is 14.1. The van der Waals surface area contributed by atoms with Crippen molar-refractivity contribution in [2.75, 3.05) is 19.8 Å². The normalized spacial score (nSPS) is 34.8. The molecule has 3 heterocycles. The van der Waals surface area contributed by atoms with Gasteiger partial charge in [0.15, 0.2) is 6.29 Å². The van der Waals surface area contributed by atoms with E-state index in [0.717, 1.165) is 38.0 Å². The second-order valence-corrected chi connectivity index (χ2v) is 9.74. The van der Waals surface area contributed by atoms with Crippen LogP contribution in [0.25, 0.3) is 0 Å². The molecule has 6 nitrogen and oxygen atoms in total. The Morgan fingerprint density at radius 3 is 2.63 bits per heavy atom. The summed E-state index contributed by atoms with van der Waals surface area (Å²) in [4.78, 5) is 0. The third kappa shape index (κ3) is 7.50. The number of aliphatic hydroxyl groups is 1. The van der Waals surface area contributed by atoms with E-state index in [0.29, 0.717) is 19.6 Å². The third-order valence-electron chi connectivity index (χ3n) is 5.79. The summed E-state index contributed by atoms with van der Waals surface area (Å²) in [6.07, 6.45) is 10.1. The summed E-state index contributed by atoms with van der Waals surface area (Å²) in [6.45, 7) is 14.2. The van der Waals surface area contributed by atoms with E-state index in [1.807, 2.05) is 0 Å². The molecule has 0 aromatic carbocycles. The highest BCUT2D eigenvalue weighted by Gasteiger charge is 2.53. The average Bonchev–Trinajstić information content (AvgIpc) is 3.40. The Kier molecular flexibility index (Phi) is 7.80. The predicted molar refractivity (Wildman–Crippen MR) is 117 cm³/mol. The Bertz CT molecular complexity index is 636. The van der Waals surface area contributed by atoms with Crippen LogP contribution in [0, 0.1) is 0 Å². The smallest absolute Gasteiger partial charge is 0.161 e. The molecule has 3 aliphatic rings. The summed E-state index contributed by atoms with van der Waals surface area (Å²) >= 11 is 0. The summed E-state index contributed by atoms with van der Waals surface area (Å²) < 4.78 is 23.6. The van der Waals surface area contributed by atoms with Gasteiger partial charge < -0.3 is 29.4 Å². The van der Waals surface area contributed by atoms with Crippen molar-refractivity contribution < 1.29 is 24.1 Å². The zero-order chi connectivity index (χ0) is 21.8. The van der Waals surface area contributed by atoms with Gasteiger partial charge in [0.1, 0.15) is 0 Å².